The van der Waals surface area contributed by atoms with Crippen molar-refractivity contribution in [1.29, 1.82) is 0 Å². The summed E-state index contributed by atoms with van der Waals surface area (Å²) >= 11 is 0. The van der Waals surface area contributed by atoms with E-state index in [9.17, 15) is 4.79 Å². The van der Waals surface area contributed by atoms with Crippen molar-refractivity contribution in [2.24, 2.45) is 11.8 Å². The quantitative estimate of drug-likeness (QED) is 0.868. The van der Waals surface area contributed by atoms with Crippen molar-refractivity contribution in [1.82, 2.24) is 20.4 Å². The lowest BCUT2D eigenvalue weighted by atomic mass is 10.2. The largest absolute Gasteiger partial charge is 0.381 e. The van der Waals surface area contributed by atoms with Gasteiger partial charge in [-0.05, 0) is 12.8 Å². The van der Waals surface area contributed by atoms with Crippen molar-refractivity contribution in [2.45, 2.75) is 31.8 Å². The molecule has 2 unspecified atom stereocenters. The number of hydrogen-bond donors (Lipinski definition) is 1. The number of nitrogens with one attached hydrogen (secondary N) is 1. The number of carbonyl (C=O) groups is 1. The number of fused-ring (bicyclic) bond motifs is 1. The minimum atomic E-state index is -0.0534. The van der Waals surface area contributed by atoms with Crippen molar-refractivity contribution in [3.8, 4) is 0 Å². The average Bonchev–Trinajstić information content (AvgIpc) is 2.97. The molecule has 1 saturated carbocycles. The molecule has 3 aliphatic rings. The van der Waals surface area contributed by atoms with Crippen LogP contribution < -0.4 is 5.32 Å². The number of rotatable bonds is 2. The Hall–Kier alpha value is -1.63. The molecular weight excluding hydrogens is 260 g/mol. The van der Waals surface area contributed by atoms with Crippen LogP contribution in [0.15, 0.2) is 4.52 Å². The lowest BCUT2D eigenvalue weighted by Crippen LogP contribution is -2.42. The van der Waals surface area contributed by atoms with E-state index in [1.54, 1.807) is 6.92 Å². The molecular formula is C13H18N4O3. The number of carbonyl (C=O) groups excluding carboxylic acids is 1. The van der Waals surface area contributed by atoms with Crippen LogP contribution in [0.4, 0.5) is 4.79 Å². The van der Waals surface area contributed by atoms with Gasteiger partial charge in [0, 0.05) is 31.3 Å². The Labute approximate surface area is 116 Å². The zero-order chi connectivity index (χ0) is 13.7. The number of aryl methyl sites for hydroxylation is 1. The molecule has 4 rings (SSSR count). The summed E-state index contributed by atoms with van der Waals surface area (Å²) in [6.07, 6.45) is 1.87. The molecule has 1 aromatic heterocycles. The maximum absolute atomic E-state index is 12.4. The Kier molecular flexibility index (Phi) is 2.70. The number of urea groups is 1. The summed E-state index contributed by atoms with van der Waals surface area (Å²) in [6.45, 7) is 4.08. The second kappa shape index (κ2) is 4.44. The molecule has 1 N–H and O–H groups in total. The van der Waals surface area contributed by atoms with E-state index in [1.165, 1.54) is 0 Å². The highest BCUT2D eigenvalue weighted by atomic mass is 16.5. The van der Waals surface area contributed by atoms with Gasteiger partial charge in [-0.1, -0.05) is 5.16 Å². The Bertz CT molecular complexity index is 521. The number of likely N-dealkylation sites (tertiary alicyclic amines) is 1. The summed E-state index contributed by atoms with van der Waals surface area (Å²) in [5, 5.41) is 7.08. The average molecular weight is 278 g/mol. The van der Waals surface area contributed by atoms with Gasteiger partial charge in [-0.25, -0.2) is 4.79 Å². The van der Waals surface area contributed by atoms with Gasteiger partial charge in [-0.3, -0.25) is 0 Å². The minimum absolute atomic E-state index is 0.00523. The number of hydrogen-bond acceptors (Lipinski definition) is 5. The Morgan fingerprint density at radius 1 is 1.40 bits per heavy atom. The van der Waals surface area contributed by atoms with Gasteiger partial charge in [-0.2, -0.15) is 4.98 Å². The summed E-state index contributed by atoms with van der Waals surface area (Å²) < 4.78 is 10.4. The maximum atomic E-state index is 12.4. The number of ether oxygens (including phenoxy) is 1. The molecule has 0 aromatic carbocycles. The molecule has 0 bridgehead atoms. The van der Waals surface area contributed by atoms with Gasteiger partial charge in [0.05, 0.1) is 19.3 Å². The highest BCUT2D eigenvalue weighted by Gasteiger charge is 2.55. The van der Waals surface area contributed by atoms with Crippen molar-refractivity contribution >= 4 is 6.03 Å². The van der Waals surface area contributed by atoms with Gasteiger partial charge in [0.15, 0.2) is 5.82 Å². The topological polar surface area (TPSA) is 80.5 Å². The Balaban J connectivity index is 1.43. The molecule has 4 atom stereocenters. The van der Waals surface area contributed by atoms with Gasteiger partial charge in [0.25, 0.3) is 0 Å². The zero-order valence-corrected chi connectivity index (χ0v) is 11.4. The highest BCUT2D eigenvalue weighted by Crippen LogP contribution is 2.44. The van der Waals surface area contributed by atoms with E-state index in [4.69, 9.17) is 9.26 Å². The van der Waals surface area contributed by atoms with Crippen LogP contribution in [-0.2, 0) is 4.74 Å². The van der Waals surface area contributed by atoms with E-state index in [2.05, 4.69) is 15.5 Å². The molecule has 7 heteroatoms. The van der Waals surface area contributed by atoms with Crippen LogP contribution in [0.5, 0.6) is 0 Å². The predicted molar refractivity (Wildman–Crippen MR) is 67.8 cm³/mol. The number of aromatic nitrogens is 2. The minimum Gasteiger partial charge on any atom is -0.381 e. The Morgan fingerprint density at radius 3 is 2.90 bits per heavy atom. The molecule has 1 aliphatic carbocycles. The molecule has 20 heavy (non-hydrogen) atoms. The van der Waals surface area contributed by atoms with Crippen LogP contribution in [0.3, 0.4) is 0 Å². The number of amides is 2. The molecule has 1 aromatic rings. The third kappa shape index (κ3) is 1.88. The Morgan fingerprint density at radius 2 is 2.20 bits per heavy atom. The van der Waals surface area contributed by atoms with Gasteiger partial charge in [-0.15, -0.1) is 0 Å². The van der Waals surface area contributed by atoms with Crippen LogP contribution in [-0.4, -0.2) is 46.9 Å². The fraction of sp³-hybridized carbons (Fsp3) is 0.769. The van der Waals surface area contributed by atoms with Crippen LogP contribution in [0.1, 0.15) is 30.6 Å². The van der Waals surface area contributed by atoms with Crippen LogP contribution >= 0.6 is 0 Å². The molecule has 2 aliphatic heterocycles. The summed E-state index contributed by atoms with van der Waals surface area (Å²) in [5.41, 5.74) is 0. The third-order valence-corrected chi connectivity index (χ3v) is 4.60. The van der Waals surface area contributed by atoms with E-state index >= 15 is 0 Å². The fourth-order valence-corrected chi connectivity index (χ4v) is 3.41. The first-order valence-corrected chi connectivity index (χ1v) is 7.19. The maximum Gasteiger partial charge on any atom is 0.318 e. The predicted octanol–water partition coefficient (Wildman–Crippen LogP) is 0.869. The van der Waals surface area contributed by atoms with Crippen LogP contribution in [0, 0.1) is 18.8 Å². The summed E-state index contributed by atoms with van der Waals surface area (Å²) in [6, 6.07) is 0.237. The number of nitrogens with zero attached hydrogens (tertiary/aromatic N) is 3. The van der Waals surface area contributed by atoms with Crippen LogP contribution in [0.2, 0.25) is 0 Å². The van der Waals surface area contributed by atoms with Gasteiger partial charge < -0.3 is 19.5 Å². The summed E-state index contributed by atoms with van der Waals surface area (Å²) in [7, 11) is 0. The van der Waals surface area contributed by atoms with Crippen molar-refractivity contribution < 1.29 is 14.1 Å². The molecule has 7 nitrogen and oxygen atoms in total. The first-order chi connectivity index (χ1) is 9.74. The molecule has 2 saturated heterocycles. The second-order valence-electron chi connectivity index (χ2n) is 5.86. The standard InChI is InChI=1S/C13H18N4O3/c1-7-14-12(16-20-7)10-3-2-4-17(10)13(18)15-11-8-5-19-6-9(8)11/h8-11H,2-6H2,1H3,(H,15,18)/t8-,9+,10?,11?. The highest BCUT2D eigenvalue weighted by molar-refractivity contribution is 5.76. The zero-order valence-electron chi connectivity index (χ0n) is 11.4. The third-order valence-electron chi connectivity index (χ3n) is 4.60. The van der Waals surface area contributed by atoms with E-state index < -0.39 is 0 Å². The molecule has 3 fully saturated rings. The first kappa shape index (κ1) is 12.1. The molecule has 2 amide bonds. The van der Waals surface area contributed by atoms with Crippen LogP contribution in [0.25, 0.3) is 0 Å². The molecule has 3 heterocycles. The lowest BCUT2D eigenvalue weighted by molar-refractivity contribution is 0.151. The SMILES string of the molecule is Cc1nc(C2CCCN2C(=O)NC2[C@H]3COC[C@@H]23)no1. The smallest absolute Gasteiger partial charge is 0.318 e. The van der Waals surface area contributed by atoms with Crippen molar-refractivity contribution in [2.75, 3.05) is 19.8 Å². The van der Waals surface area contributed by atoms with E-state index in [-0.39, 0.29) is 12.1 Å². The fourth-order valence-electron chi connectivity index (χ4n) is 3.41. The molecule has 108 valence electrons. The summed E-state index contributed by atoms with van der Waals surface area (Å²) in [4.78, 5) is 18.5. The van der Waals surface area contributed by atoms with Gasteiger partial charge >= 0.3 is 6.03 Å². The second-order valence-corrected chi connectivity index (χ2v) is 5.86. The molecule has 0 spiro atoms. The molecule has 0 radical (unpaired) electrons. The van der Waals surface area contributed by atoms with E-state index in [0.717, 1.165) is 32.6 Å². The van der Waals surface area contributed by atoms with Crippen molar-refractivity contribution in [3.63, 3.8) is 0 Å². The van der Waals surface area contributed by atoms with Gasteiger partial charge in [0.2, 0.25) is 5.89 Å². The normalized spacial score (nSPS) is 35.1. The van der Waals surface area contributed by atoms with Crippen molar-refractivity contribution in [3.05, 3.63) is 11.7 Å². The summed E-state index contributed by atoms with van der Waals surface area (Å²) in [5.74, 6) is 2.20. The van der Waals surface area contributed by atoms with E-state index in [0.29, 0.717) is 29.6 Å². The first-order valence-electron chi connectivity index (χ1n) is 7.19. The monoisotopic (exact) mass is 278 g/mol. The lowest BCUT2D eigenvalue weighted by Gasteiger charge is -2.23. The van der Waals surface area contributed by atoms with Gasteiger partial charge in [0.1, 0.15) is 0 Å². The van der Waals surface area contributed by atoms with E-state index in [1.807, 2.05) is 4.90 Å².